The molecule has 3 aromatic rings. The predicted octanol–water partition coefficient (Wildman–Crippen LogP) is 4.76. The van der Waals surface area contributed by atoms with Gasteiger partial charge in [-0.1, -0.05) is 54.6 Å². The van der Waals surface area contributed by atoms with Crippen molar-refractivity contribution in [1.29, 1.82) is 0 Å². The van der Waals surface area contributed by atoms with Crippen molar-refractivity contribution in [3.05, 3.63) is 72.9 Å². The minimum Gasteiger partial charge on any atom is -0.269 e. The highest BCUT2D eigenvalue weighted by Crippen LogP contribution is 2.21. The number of H-pyrrole nitrogens is 1. The fraction of sp³-hybridized carbons (Fsp3) is 0. The van der Waals surface area contributed by atoms with Crippen LogP contribution in [0.15, 0.2) is 82.2 Å². The summed E-state index contributed by atoms with van der Waals surface area (Å²) in [6.45, 7) is 0. The summed E-state index contributed by atoms with van der Waals surface area (Å²) >= 11 is 0. The Morgan fingerprint density at radius 1 is 0.684 bits per heavy atom. The van der Waals surface area contributed by atoms with Crippen LogP contribution >= 0.6 is 0 Å². The monoisotopic (exact) mass is 251 g/mol. The van der Waals surface area contributed by atoms with Crippen LogP contribution in [0.25, 0.3) is 21.7 Å². The van der Waals surface area contributed by atoms with Crippen molar-refractivity contribution in [2.24, 2.45) is 0 Å². The van der Waals surface area contributed by atoms with E-state index in [0.29, 0.717) is 5.58 Å². The van der Waals surface area contributed by atoms with E-state index in [9.17, 15) is 0 Å². The molecule has 19 heavy (non-hydrogen) atoms. The smallest absolute Gasteiger partial charge is 0.188 e. The second-order valence-corrected chi connectivity index (χ2v) is 4.09. The third kappa shape index (κ3) is 2.45. The molecule has 0 spiro atoms. The molecular weight excluding hydrogens is 238 g/mol. The van der Waals surface area contributed by atoms with Crippen molar-refractivity contribution < 1.29 is 9.26 Å². The Morgan fingerprint density at radius 2 is 1.37 bits per heavy atom. The van der Waals surface area contributed by atoms with E-state index in [2.05, 4.69) is 23.4 Å². The van der Waals surface area contributed by atoms with Crippen molar-refractivity contribution in [1.82, 2.24) is 5.16 Å². The molecule has 0 aliphatic carbocycles. The molecule has 0 saturated carbocycles. The largest absolute Gasteiger partial charge is 0.269 e. The number of benzene rings is 2. The fourth-order valence-corrected chi connectivity index (χ4v) is 2.00. The Morgan fingerprint density at radius 3 is 2.26 bits per heavy atom. The minimum atomic E-state index is 0.672. The van der Waals surface area contributed by atoms with E-state index in [-0.39, 0.29) is 0 Å². The molecule has 1 aromatic heterocycles. The summed E-state index contributed by atoms with van der Waals surface area (Å²) in [4.78, 5) is 0. The molecule has 3 heteroatoms. The lowest BCUT2D eigenvalue weighted by atomic mass is 10.1. The third-order valence-corrected chi connectivity index (χ3v) is 2.87. The van der Waals surface area contributed by atoms with Crippen molar-refractivity contribution >= 4 is 21.7 Å². The lowest BCUT2D eigenvalue weighted by Crippen LogP contribution is -1.72. The Balaban J connectivity index is 2.58. The van der Waals surface area contributed by atoms with E-state index in [1.54, 1.807) is 6.20 Å². The fourth-order valence-electron chi connectivity index (χ4n) is 2.00. The molecule has 0 fully saturated rings. The van der Waals surface area contributed by atoms with Gasteiger partial charge in [-0.05, 0) is 22.9 Å². The van der Waals surface area contributed by atoms with E-state index < -0.39 is 0 Å². The number of fused-ring (bicyclic) bond motifs is 3. The molecule has 0 aliphatic heterocycles. The molecule has 2 aromatic carbocycles. The molecule has 0 unspecified atom stereocenters. The van der Waals surface area contributed by atoms with Crippen LogP contribution < -0.4 is 0 Å². The van der Waals surface area contributed by atoms with Crippen LogP contribution in [0.2, 0.25) is 0 Å². The maximum atomic E-state index is 5.29. The van der Waals surface area contributed by atoms with E-state index in [0.717, 1.165) is 16.2 Å². The SMILES string of the molecule is c1ccc2ccccc2c2ccccc2oo[nH]c1. The van der Waals surface area contributed by atoms with Gasteiger partial charge in [0, 0.05) is 11.6 Å². The lowest BCUT2D eigenvalue weighted by molar-refractivity contribution is 0.00732. The molecule has 3 rings (SSSR count). The van der Waals surface area contributed by atoms with Crippen molar-refractivity contribution in [3.63, 3.8) is 0 Å². The van der Waals surface area contributed by atoms with Gasteiger partial charge in [0.2, 0.25) is 0 Å². The number of nitrogens with one attached hydrogen (secondary N) is 1. The number of para-hydroxylation sites is 1. The zero-order chi connectivity index (χ0) is 12.9. The molecule has 0 radical (unpaired) electrons. The summed E-state index contributed by atoms with van der Waals surface area (Å²) in [5.74, 6) is 0. The van der Waals surface area contributed by atoms with Gasteiger partial charge in [-0.3, -0.25) is 4.58 Å². The average molecular weight is 251 g/mol. The summed E-state index contributed by atoms with van der Waals surface area (Å²) in [6, 6.07) is 21.8. The van der Waals surface area contributed by atoms with Crippen LogP contribution in [0.1, 0.15) is 0 Å². The van der Waals surface area contributed by atoms with Crippen molar-refractivity contribution in [3.8, 4) is 0 Å². The van der Waals surface area contributed by atoms with Gasteiger partial charge in [-0.25, -0.2) is 0 Å². The van der Waals surface area contributed by atoms with Gasteiger partial charge in [0.1, 0.15) is 0 Å². The van der Waals surface area contributed by atoms with Crippen LogP contribution in [-0.4, -0.2) is 5.16 Å². The van der Waals surface area contributed by atoms with Gasteiger partial charge < -0.3 is 0 Å². The topological polar surface area (TPSA) is 42.1 Å². The lowest BCUT2D eigenvalue weighted by Gasteiger charge is -1.96. The van der Waals surface area contributed by atoms with Crippen molar-refractivity contribution in [2.45, 2.75) is 0 Å². The summed E-state index contributed by atoms with van der Waals surface area (Å²) < 4.78 is 10.2. The molecule has 0 aliphatic rings. The number of hydrogen-bond donors (Lipinski definition) is 1. The highest BCUT2D eigenvalue weighted by atomic mass is 17.0. The zero-order valence-electron chi connectivity index (χ0n) is 10.2. The molecule has 0 bridgehead atoms. The van der Waals surface area contributed by atoms with Gasteiger partial charge in [0.05, 0.1) is 0 Å². The van der Waals surface area contributed by atoms with E-state index in [1.807, 2.05) is 48.5 Å². The Hall–Kier alpha value is -2.68. The van der Waals surface area contributed by atoms with Gasteiger partial charge in [-0.2, -0.15) is 9.84 Å². The Bertz CT molecular complexity index is 726. The summed E-state index contributed by atoms with van der Waals surface area (Å²) in [5, 5.41) is 5.82. The zero-order valence-corrected chi connectivity index (χ0v) is 10.2. The Labute approximate surface area is 110 Å². The van der Waals surface area contributed by atoms with Gasteiger partial charge in [0.15, 0.2) is 5.58 Å². The molecule has 94 valence electrons. The summed E-state index contributed by atoms with van der Waals surface area (Å²) in [6.07, 6.45) is 1.66. The molecule has 0 atom stereocenters. The van der Waals surface area contributed by atoms with E-state index in [1.165, 1.54) is 0 Å². The number of rotatable bonds is 0. The molecular formula is C16H13NO2. The van der Waals surface area contributed by atoms with E-state index >= 15 is 0 Å². The van der Waals surface area contributed by atoms with Crippen LogP contribution in [0, 0.1) is 0 Å². The average Bonchev–Trinajstić information content (AvgIpc) is 2.50. The van der Waals surface area contributed by atoms with Crippen LogP contribution in [0.4, 0.5) is 0 Å². The summed E-state index contributed by atoms with van der Waals surface area (Å²) in [5.41, 5.74) is 0.672. The molecule has 1 heterocycles. The maximum Gasteiger partial charge on any atom is 0.188 e. The van der Waals surface area contributed by atoms with Crippen molar-refractivity contribution in [2.75, 3.05) is 0 Å². The standard InChI is InChI=1S/C16H13NO2/c1-2-9-14-13(7-1)8-5-6-12-17-19-18-16-11-4-3-10-15(14)16/h1-12,17H. The molecule has 3 nitrogen and oxygen atoms in total. The number of aromatic nitrogens is 1. The van der Waals surface area contributed by atoms with E-state index in [4.69, 9.17) is 9.26 Å². The van der Waals surface area contributed by atoms with Gasteiger partial charge in [-0.15, -0.1) is 0 Å². The third-order valence-electron chi connectivity index (χ3n) is 2.87. The normalized spacial score (nSPS) is 10.1. The summed E-state index contributed by atoms with van der Waals surface area (Å²) in [7, 11) is 0. The quantitative estimate of drug-likeness (QED) is 0.585. The van der Waals surface area contributed by atoms with Crippen LogP contribution in [-0.2, 0) is 0 Å². The first-order valence-corrected chi connectivity index (χ1v) is 6.06. The highest BCUT2D eigenvalue weighted by molar-refractivity contribution is 6.03. The second-order valence-electron chi connectivity index (χ2n) is 4.09. The van der Waals surface area contributed by atoms with Crippen LogP contribution in [0.5, 0.6) is 0 Å². The maximum absolute atomic E-state index is 5.29. The highest BCUT2D eigenvalue weighted by Gasteiger charge is 1.97. The number of hydrogen-bond acceptors (Lipinski definition) is 2. The number of aromatic amines is 1. The predicted molar refractivity (Wildman–Crippen MR) is 75.6 cm³/mol. The minimum absolute atomic E-state index is 0.672. The van der Waals surface area contributed by atoms with Gasteiger partial charge >= 0.3 is 0 Å². The van der Waals surface area contributed by atoms with Gasteiger partial charge in [0.25, 0.3) is 0 Å². The molecule has 1 N–H and O–H groups in total. The molecule has 0 amide bonds. The molecule has 0 saturated heterocycles. The first-order valence-electron chi connectivity index (χ1n) is 6.06. The second kappa shape index (κ2) is 5.31. The van der Waals surface area contributed by atoms with Crippen LogP contribution in [0.3, 0.4) is 0 Å². The first-order chi connectivity index (χ1) is 9.45. The Kier molecular flexibility index (Phi) is 3.19. The first kappa shape index (κ1) is 11.4.